The Morgan fingerprint density at radius 1 is 1.36 bits per heavy atom. The minimum Gasteiger partial charge on any atom is -0.302 e. The Hall–Kier alpha value is -1.29. The van der Waals surface area contributed by atoms with Crippen LogP contribution in [0.15, 0.2) is 11.4 Å². The smallest absolute Gasteiger partial charge is 0.272 e. The Morgan fingerprint density at radius 3 is 2.80 bits per heavy atom. The van der Waals surface area contributed by atoms with Crippen molar-refractivity contribution in [1.29, 1.82) is 0 Å². The number of hydrogen-bond donors (Lipinski definition) is 1. The summed E-state index contributed by atoms with van der Waals surface area (Å²) in [5, 5.41) is 5.20. The van der Waals surface area contributed by atoms with Gasteiger partial charge in [-0.05, 0) is 37.8 Å². The van der Waals surface area contributed by atoms with E-state index in [9.17, 15) is 13.2 Å². The summed E-state index contributed by atoms with van der Waals surface area (Å²) in [4.78, 5) is 17.3. The SMILES string of the molecule is CCCOS(=O)(=O)Cc1sc(CCc2csc(NC(C)=O)n2)cc1C. The zero-order chi connectivity index (χ0) is 18.4. The molecule has 0 bridgehead atoms. The zero-order valence-electron chi connectivity index (χ0n) is 14.5. The van der Waals surface area contributed by atoms with Crippen molar-refractivity contribution in [3.8, 4) is 0 Å². The third-order valence-electron chi connectivity index (χ3n) is 3.31. The van der Waals surface area contributed by atoms with Crippen molar-refractivity contribution in [2.24, 2.45) is 0 Å². The number of nitrogens with one attached hydrogen (secondary N) is 1. The lowest BCUT2D eigenvalue weighted by molar-refractivity contribution is -0.114. The number of carbonyl (C=O) groups excluding carboxylic acids is 1. The van der Waals surface area contributed by atoms with Crippen LogP contribution in [0.25, 0.3) is 0 Å². The van der Waals surface area contributed by atoms with Gasteiger partial charge in [0.1, 0.15) is 5.75 Å². The Balaban J connectivity index is 1.95. The fourth-order valence-electron chi connectivity index (χ4n) is 2.15. The van der Waals surface area contributed by atoms with Crippen LogP contribution in [-0.2, 0) is 37.7 Å². The average Bonchev–Trinajstić information content (AvgIpc) is 3.09. The maximum absolute atomic E-state index is 11.9. The first-order chi connectivity index (χ1) is 11.8. The molecule has 6 nitrogen and oxygen atoms in total. The molecule has 1 amide bonds. The second-order valence-corrected chi connectivity index (χ2v) is 9.39. The van der Waals surface area contributed by atoms with Gasteiger partial charge in [-0.2, -0.15) is 8.42 Å². The predicted molar refractivity (Wildman–Crippen MR) is 102 cm³/mol. The van der Waals surface area contributed by atoms with Gasteiger partial charge < -0.3 is 5.32 Å². The standard InChI is InChI=1S/C16H22N2O4S3/c1-4-7-22-25(20,21)10-15-11(2)8-14(24-15)6-5-13-9-23-16(18-13)17-12(3)19/h8-9H,4-7,10H2,1-3H3,(H,17,18,19). The van der Waals surface area contributed by atoms with Crippen molar-refractivity contribution < 1.29 is 17.4 Å². The quantitative estimate of drug-likeness (QED) is 0.649. The van der Waals surface area contributed by atoms with E-state index in [1.165, 1.54) is 29.6 Å². The van der Waals surface area contributed by atoms with Crippen LogP contribution in [0, 0.1) is 6.92 Å². The lowest BCUT2D eigenvalue weighted by Gasteiger charge is -2.03. The third-order valence-corrected chi connectivity index (χ3v) is 6.76. The van der Waals surface area contributed by atoms with E-state index in [1.807, 2.05) is 25.3 Å². The number of nitrogens with zero attached hydrogens (tertiary/aromatic N) is 1. The minimum absolute atomic E-state index is 0.0765. The first-order valence-electron chi connectivity index (χ1n) is 7.96. The van der Waals surface area contributed by atoms with Crippen molar-refractivity contribution in [3.05, 3.63) is 32.5 Å². The molecule has 0 spiro atoms. The van der Waals surface area contributed by atoms with Gasteiger partial charge in [-0.25, -0.2) is 4.98 Å². The van der Waals surface area contributed by atoms with Crippen LogP contribution in [0.4, 0.5) is 5.13 Å². The summed E-state index contributed by atoms with van der Waals surface area (Å²) in [5.41, 5.74) is 1.89. The summed E-state index contributed by atoms with van der Waals surface area (Å²) in [6.45, 7) is 5.47. The molecule has 0 aromatic carbocycles. The molecule has 1 N–H and O–H groups in total. The van der Waals surface area contributed by atoms with Crippen LogP contribution in [0.2, 0.25) is 0 Å². The van der Waals surface area contributed by atoms with Crippen LogP contribution in [0.3, 0.4) is 0 Å². The molecule has 0 saturated heterocycles. The van der Waals surface area contributed by atoms with E-state index in [-0.39, 0.29) is 18.3 Å². The van der Waals surface area contributed by atoms with E-state index < -0.39 is 10.1 Å². The van der Waals surface area contributed by atoms with E-state index in [0.29, 0.717) is 11.6 Å². The molecule has 138 valence electrons. The summed E-state index contributed by atoms with van der Waals surface area (Å²) in [6, 6.07) is 2.02. The van der Waals surface area contributed by atoms with Crippen LogP contribution >= 0.6 is 22.7 Å². The summed E-state index contributed by atoms with van der Waals surface area (Å²) < 4.78 is 28.8. The fraction of sp³-hybridized carbons (Fsp3) is 0.500. The number of carbonyl (C=O) groups is 1. The summed E-state index contributed by atoms with van der Waals surface area (Å²) in [7, 11) is -3.52. The summed E-state index contributed by atoms with van der Waals surface area (Å²) in [5.74, 6) is -0.210. The minimum atomic E-state index is -3.52. The van der Waals surface area contributed by atoms with Crippen LogP contribution in [-0.4, -0.2) is 25.9 Å². The predicted octanol–water partition coefficient (Wildman–Crippen LogP) is 3.51. The maximum atomic E-state index is 11.9. The molecule has 0 aliphatic rings. The van der Waals surface area contributed by atoms with Crippen LogP contribution in [0.5, 0.6) is 0 Å². The van der Waals surface area contributed by atoms with E-state index in [2.05, 4.69) is 10.3 Å². The molecule has 0 saturated carbocycles. The lowest BCUT2D eigenvalue weighted by Crippen LogP contribution is -2.09. The van der Waals surface area contributed by atoms with Crippen molar-refractivity contribution in [1.82, 2.24) is 4.98 Å². The molecule has 0 unspecified atom stereocenters. The van der Waals surface area contributed by atoms with Crippen LogP contribution < -0.4 is 5.32 Å². The first kappa shape index (κ1) is 20.0. The number of aromatic nitrogens is 1. The number of anilines is 1. The molecule has 0 atom stereocenters. The molecule has 25 heavy (non-hydrogen) atoms. The van der Waals surface area contributed by atoms with Gasteiger partial charge in [0.25, 0.3) is 10.1 Å². The molecule has 2 heterocycles. The van der Waals surface area contributed by atoms with Crippen molar-refractivity contribution >= 4 is 43.8 Å². The molecule has 0 fully saturated rings. The Kier molecular flexibility index (Phi) is 7.12. The topological polar surface area (TPSA) is 85.4 Å². The van der Waals surface area contributed by atoms with Crippen molar-refractivity contribution in [2.75, 3.05) is 11.9 Å². The van der Waals surface area contributed by atoms with Crippen molar-refractivity contribution in [2.45, 2.75) is 45.8 Å². The maximum Gasteiger partial charge on any atom is 0.272 e. The molecule has 2 aromatic rings. The number of thiophene rings is 1. The van der Waals surface area contributed by atoms with Gasteiger partial charge in [0.05, 0.1) is 12.3 Å². The van der Waals surface area contributed by atoms with E-state index >= 15 is 0 Å². The molecule has 2 rings (SSSR count). The zero-order valence-corrected chi connectivity index (χ0v) is 16.9. The summed E-state index contributed by atoms with van der Waals surface area (Å²) >= 11 is 2.90. The number of hydrogen-bond acceptors (Lipinski definition) is 7. The second-order valence-electron chi connectivity index (χ2n) is 5.67. The number of rotatable bonds is 9. The number of amides is 1. The largest absolute Gasteiger partial charge is 0.302 e. The Bertz CT molecular complexity index is 824. The highest BCUT2D eigenvalue weighted by Gasteiger charge is 2.16. The van der Waals surface area contributed by atoms with Gasteiger partial charge in [0, 0.05) is 22.1 Å². The van der Waals surface area contributed by atoms with Gasteiger partial charge in [0.2, 0.25) is 5.91 Å². The first-order valence-corrected chi connectivity index (χ1v) is 11.2. The van der Waals surface area contributed by atoms with Gasteiger partial charge in [0.15, 0.2) is 5.13 Å². The normalized spacial score (nSPS) is 11.6. The van der Waals surface area contributed by atoms with E-state index in [4.69, 9.17) is 4.18 Å². The second kappa shape index (κ2) is 8.88. The van der Waals surface area contributed by atoms with E-state index in [1.54, 1.807) is 0 Å². The molecular formula is C16H22N2O4S3. The highest BCUT2D eigenvalue weighted by Crippen LogP contribution is 2.26. The van der Waals surface area contributed by atoms with Gasteiger partial charge in [-0.1, -0.05) is 6.92 Å². The van der Waals surface area contributed by atoms with Crippen molar-refractivity contribution in [3.63, 3.8) is 0 Å². The highest BCUT2D eigenvalue weighted by atomic mass is 32.2. The number of thiazole rings is 1. The van der Waals surface area contributed by atoms with Gasteiger partial charge in [-0.15, -0.1) is 22.7 Å². The Labute approximate surface area is 156 Å². The third kappa shape index (κ3) is 6.50. The lowest BCUT2D eigenvalue weighted by atomic mass is 10.2. The average molecular weight is 403 g/mol. The molecule has 0 radical (unpaired) electrons. The van der Waals surface area contributed by atoms with Gasteiger partial charge in [-0.3, -0.25) is 8.98 Å². The molecular weight excluding hydrogens is 380 g/mol. The molecule has 2 aromatic heterocycles. The van der Waals surface area contributed by atoms with Crippen LogP contribution in [0.1, 0.15) is 41.3 Å². The van der Waals surface area contributed by atoms with E-state index in [0.717, 1.165) is 33.9 Å². The molecule has 9 heteroatoms. The fourth-order valence-corrected chi connectivity index (χ4v) is 5.64. The summed E-state index contributed by atoms with van der Waals surface area (Å²) in [6.07, 6.45) is 2.20. The highest BCUT2D eigenvalue weighted by molar-refractivity contribution is 7.86. The van der Waals surface area contributed by atoms with Gasteiger partial charge >= 0.3 is 0 Å². The monoisotopic (exact) mass is 402 g/mol. The molecule has 0 aliphatic heterocycles. The molecule has 0 aliphatic carbocycles. The Morgan fingerprint density at radius 2 is 2.12 bits per heavy atom. The number of aryl methyl sites for hydroxylation is 3.